The summed E-state index contributed by atoms with van der Waals surface area (Å²) in [4.78, 5) is 7.69. The number of aromatic nitrogens is 3. The van der Waals surface area contributed by atoms with Gasteiger partial charge in [0.25, 0.3) is 16.0 Å². The fourth-order valence-electron chi connectivity index (χ4n) is 2.78. The molecule has 0 aliphatic carbocycles. The highest BCUT2D eigenvalue weighted by Gasteiger charge is 2.25. The van der Waals surface area contributed by atoms with Gasteiger partial charge in [-0.3, -0.25) is 0 Å². The number of nitrogens with one attached hydrogen (secondary N) is 1. The Bertz CT molecular complexity index is 1110. The van der Waals surface area contributed by atoms with Gasteiger partial charge in [-0.1, -0.05) is 30.3 Å². The van der Waals surface area contributed by atoms with Gasteiger partial charge in [-0.15, -0.1) is 5.10 Å². The summed E-state index contributed by atoms with van der Waals surface area (Å²) in [6.45, 7) is 0. The number of aliphatic imine (C=N–C) groups is 1. The highest BCUT2D eigenvalue weighted by Crippen LogP contribution is 2.31. The number of hydrogen-bond acceptors (Lipinski definition) is 6. The molecule has 2 aromatic carbocycles. The highest BCUT2D eigenvalue weighted by atomic mass is 32.2. The van der Waals surface area contributed by atoms with Gasteiger partial charge in [-0.25, -0.2) is 27.2 Å². The SMILES string of the molecule is O=S(=O)(Nc1nc2n(n1)[C@H](c1ccccc1)CC([O-])=N2)c1ccc(F)cc1. The van der Waals surface area contributed by atoms with Crippen LogP contribution in [0.2, 0.25) is 0 Å². The van der Waals surface area contributed by atoms with E-state index in [-0.39, 0.29) is 29.1 Å². The van der Waals surface area contributed by atoms with E-state index in [4.69, 9.17) is 0 Å². The number of halogens is 1. The van der Waals surface area contributed by atoms with E-state index in [0.29, 0.717) is 0 Å². The van der Waals surface area contributed by atoms with Crippen molar-refractivity contribution in [2.75, 3.05) is 4.72 Å². The van der Waals surface area contributed by atoms with Crippen LogP contribution < -0.4 is 9.83 Å². The number of nitrogens with zero attached hydrogens (tertiary/aromatic N) is 4. The summed E-state index contributed by atoms with van der Waals surface area (Å²) in [5.74, 6) is -1.10. The molecule has 0 unspecified atom stereocenters. The molecule has 0 amide bonds. The first kappa shape index (κ1) is 17.2. The van der Waals surface area contributed by atoms with Crippen molar-refractivity contribution in [3.63, 3.8) is 0 Å². The Labute approximate surface area is 154 Å². The quantitative estimate of drug-likeness (QED) is 0.732. The molecule has 2 heterocycles. The summed E-state index contributed by atoms with van der Waals surface area (Å²) in [5.41, 5.74) is 0.833. The second-order valence-electron chi connectivity index (χ2n) is 5.88. The lowest BCUT2D eigenvalue weighted by Gasteiger charge is -2.25. The van der Waals surface area contributed by atoms with Gasteiger partial charge in [0, 0.05) is 6.42 Å². The smallest absolute Gasteiger partial charge is 0.264 e. The molecule has 0 saturated heterocycles. The van der Waals surface area contributed by atoms with Gasteiger partial charge in [0.05, 0.1) is 10.9 Å². The Balaban J connectivity index is 1.68. The van der Waals surface area contributed by atoms with E-state index < -0.39 is 21.9 Å². The lowest BCUT2D eigenvalue weighted by molar-refractivity contribution is -0.219. The molecule has 3 aromatic rings. The maximum Gasteiger partial charge on any atom is 0.264 e. The van der Waals surface area contributed by atoms with Crippen LogP contribution >= 0.6 is 0 Å². The van der Waals surface area contributed by atoms with Crippen molar-refractivity contribution in [3.05, 3.63) is 66.0 Å². The van der Waals surface area contributed by atoms with Gasteiger partial charge in [0.2, 0.25) is 5.95 Å². The molecule has 4 rings (SSSR count). The van der Waals surface area contributed by atoms with E-state index in [1.807, 2.05) is 30.3 Å². The minimum Gasteiger partial charge on any atom is -0.862 e. The summed E-state index contributed by atoms with van der Waals surface area (Å²) in [5, 5.41) is 16.1. The maximum atomic E-state index is 13.0. The predicted molar refractivity (Wildman–Crippen MR) is 93.5 cm³/mol. The second-order valence-corrected chi connectivity index (χ2v) is 7.56. The van der Waals surface area contributed by atoms with Crippen LogP contribution in [-0.2, 0) is 10.0 Å². The van der Waals surface area contributed by atoms with Crippen LogP contribution in [0.25, 0.3) is 0 Å². The van der Waals surface area contributed by atoms with E-state index >= 15 is 0 Å². The molecule has 0 fully saturated rings. The summed E-state index contributed by atoms with van der Waals surface area (Å²) in [6.07, 6.45) is 0.102. The molecule has 1 aliphatic heterocycles. The summed E-state index contributed by atoms with van der Waals surface area (Å²) in [6, 6.07) is 13.1. The normalized spacial score (nSPS) is 16.5. The Morgan fingerprint density at radius 3 is 2.52 bits per heavy atom. The third-order valence-electron chi connectivity index (χ3n) is 4.04. The number of rotatable bonds is 4. The molecule has 8 nitrogen and oxygen atoms in total. The number of hydrogen-bond donors (Lipinski definition) is 1. The van der Waals surface area contributed by atoms with Crippen LogP contribution in [0.4, 0.5) is 16.3 Å². The van der Waals surface area contributed by atoms with Crippen molar-refractivity contribution in [3.8, 4) is 0 Å². The third-order valence-corrected chi connectivity index (χ3v) is 5.38. The summed E-state index contributed by atoms with van der Waals surface area (Å²) >= 11 is 0. The molecular weight excluding hydrogens is 373 g/mol. The van der Waals surface area contributed by atoms with Crippen LogP contribution in [0.3, 0.4) is 0 Å². The fourth-order valence-corrected chi connectivity index (χ4v) is 3.72. The number of fused-ring (bicyclic) bond motifs is 1. The van der Waals surface area contributed by atoms with E-state index in [1.54, 1.807) is 0 Å². The average molecular weight is 386 g/mol. The first-order chi connectivity index (χ1) is 12.9. The molecule has 0 radical (unpaired) electrons. The van der Waals surface area contributed by atoms with Crippen LogP contribution in [0.5, 0.6) is 0 Å². The minimum atomic E-state index is -4.01. The Morgan fingerprint density at radius 2 is 1.81 bits per heavy atom. The van der Waals surface area contributed by atoms with E-state index in [1.165, 1.54) is 4.68 Å². The molecule has 27 heavy (non-hydrogen) atoms. The van der Waals surface area contributed by atoms with Crippen LogP contribution in [0.15, 0.2) is 64.5 Å². The molecule has 0 bridgehead atoms. The lowest BCUT2D eigenvalue weighted by atomic mass is 10.0. The highest BCUT2D eigenvalue weighted by molar-refractivity contribution is 7.92. The molecule has 10 heteroatoms. The van der Waals surface area contributed by atoms with E-state index in [9.17, 15) is 17.9 Å². The second kappa shape index (κ2) is 6.47. The summed E-state index contributed by atoms with van der Waals surface area (Å²) in [7, 11) is -4.01. The van der Waals surface area contributed by atoms with Crippen LogP contribution in [0.1, 0.15) is 18.0 Å². The van der Waals surface area contributed by atoms with Crippen molar-refractivity contribution < 1.29 is 17.9 Å². The van der Waals surface area contributed by atoms with Crippen molar-refractivity contribution in [2.45, 2.75) is 17.4 Å². The third kappa shape index (κ3) is 3.38. The zero-order chi connectivity index (χ0) is 19.0. The zero-order valence-corrected chi connectivity index (χ0v) is 14.6. The van der Waals surface area contributed by atoms with Gasteiger partial charge in [0.1, 0.15) is 5.82 Å². The zero-order valence-electron chi connectivity index (χ0n) is 13.8. The molecule has 1 aliphatic rings. The van der Waals surface area contributed by atoms with Crippen molar-refractivity contribution in [1.82, 2.24) is 14.8 Å². The van der Waals surface area contributed by atoms with E-state index in [2.05, 4.69) is 19.8 Å². The van der Waals surface area contributed by atoms with Crippen molar-refractivity contribution >= 4 is 27.8 Å². The van der Waals surface area contributed by atoms with Gasteiger partial charge >= 0.3 is 0 Å². The molecule has 1 N–H and O–H groups in total. The van der Waals surface area contributed by atoms with Crippen molar-refractivity contribution in [1.29, 1.82) is 0 Å². The first-order valence-corrected chi connectivity index (χ1v) is 9.45. The molecule has 1 aromatic heterocycles. The number of anilines is 1. The number of sulfonamides is 1. The minimum absolute atomic E-state index is 0.0249. The molecule has 0 spiro atoms. The predicted octanol–water partition coefficient (Wildman–Crippen LogP) is 1.60. The van der Waals surface area contributed by atoms with Crippen molar-refractivity contribution in [2.24, 2.45) is 4.99 Å². The molecule has 138 valence electrons. The molecular formula is C17H13FN5O3S-. The fraction of sp³-hybridized carbons (Fsp3) is 0.118. The largest absolute Gasteiger partial charge is 0.862 e. The van der Waals surface area contributed by atoms with Gasteiger partial charge in [-0.2, -0.15) is 4.98 Å². The molecule has 0 saturated carbocycles. The van der Waals surface area contributed by atoms with Gasteiger partial charge < -0.3 is 5.11 Å². The Morgan fingerprint density at radius 1 is 1.11 bits per heavy atom. The van der Waals surface area contributed by atoms with Crippen LogP contribution in [-0.4, -0.2) is 29.1 Å². The monoisotopic (exact) mass is 386 g/mol. The van der Waals surface area contributed by atoms with Gasteiger partial charge in [-0.05, 0) is 35.7 Å². The Kier molecular flexibility index (Phi) is 4.11. The topological polar surface area (TPSA) is 112 Å². The Hall–Kier alpha value is -3.27. The standard InChI is InChI=1S/C17H14FN5O3S/c18-12-6-8-13(9-7-12)27(25,26)22-16-20-17-19-15(24)10-14(23(17)21-16)11-4-2-1-3-5-11/h1-9,14H,10H2,(H2,19,20,21,22,24)/p-1/t14-/m0/s1. The van der Waals surface area contributed by atoms with Gasteiger partial charge in [0.15, 0.2) is 0 Å². The average Bonchev–Trinajstić information content (AvgIpc) is 3.03. The van der Waals surface area contributed by atoms with Crippen LogP contribution in [0, 0.1) is 5.82 Å². The first-order valence-electron chi connectivity index (χ1n) is 7.97. The molecule has 1 atom stereocenters. The summed E-state index contributed by atoms with van der Waals surface area (Å²) < 4.78 is 41.5. The maximum absolute atomic E-state index is 13.0. The van der Waals surface area contributed by atoms with E-state index in [0.717, 1.165) is 29.8 Å². The number of benzene rings is 2. The lowest BCUT2D eigenvalue weighted by Crippen LogP contribution is -2.28.